The predicted molar refractivity (Wildman–Crippen MR) is 134 cm³/mol. The standard InChI is InChI=1S/C26H27Cl3N2/c1-26(2,20-6-4-3-5-7-20)18-30-14-15-31(24-13-12-22(28)16-23(24)29)25(17-30)19-8-10-21(27)11-9-19/h3-13,16,25H,14-15,17-18H2,1-2H3/t25-/m0/s1. The first kappa shape index (κ1) is 22.5. The van der Waals surface area contributed by atoms with Crippen molar-refractivity contribution in [1.29, 1.82) is 0 Å². The summed E-state index contributed by atoms with van der Waals surface area (Å²) in [5.74, 6) is 0. The highest BCUT2D eigenvalue weighted by Crippen LogP contribution is 2.37. The van der Waals surface area contributed by atoms with Crippen molar-refractivity contribution in [1.82, 2.24) is 4.90 Å². The zero-order valence-electron chi connectivity index (χ0n) is 17.9. The Kier molecular flexibility index (Phi) is 6.83. The van der Waals surface area contributed by atoms with Crippen LogP contribution in [0.3, 0.4) is 0 Å². The van der Waals surface area contributed by atoms with Gasteiger partial charge >= 0.3 is 0 Å². The minimum absolute atomic E-state index is 0.0614. The molecule has 4 rings (SSSR count). The summed E-state index contributed by atoms with van der Waals surface area (Å²) in [6.45, 7) is 8.41. The Bertz CT molecular complexity index is 1020. The van der Waals surface area contributed by atoms with E-state index in [0.29, 0.717) is 10.0 Å². The molecule has 2 nitrogen and oxygen atoms in total. The van der Waals surface area contributed by atoms with Crippen LogP contribution in [0.15, 0.2) is 72.8 Å². The van der Waals surface area contributed by atoms with Gasteiger partial charge in [0.2, 0.25) is 0 Å². The molecule has 1 aliphatic rings. The van der Waals surface area contributed by atoms with Crippen LogP contribution in [0, 0.1) is 0 Å². The van der Waals surface area contributed by atoms with Gasteiger partial charge in [-0.15, -0.1) is 0 Å². The van der Waals surface area contributed by atoms with Crippen molar-refractivity contribution in [3.63, 3.8) is 0 Å². The molecule has 1 aliphatic heterocycles. The van der Waals surface area contributed by atoms with Crippen LogP contribution in [0.25, 0.3) is 0 Å². The third kappa shape index (κ3) is 5.21. The third-order valence-electron chi connectivity index (χ3n) is 6.11. The Morgan fingerprint density at radius 3 is 2.19 bits per heavy atom. The van der Waals surface area contributed by atoms with Gasteiger partial charge in [0.25, 0.3) is 0 Å². The van der Waals surface area contributed by atoms with E-state index in [0.717, 1.165) is 36.9 Å². The second-order valence-electron chi connectivity index (χ2n) is 8.84. The average molecular weight is 474 g/mol. The number of halogens is 3. The fraction of sp³-hybridized carbons (Fsp3) is 0.308. The summed E-state index contributed by atoms with van der Waals surface area (Å²) in [4.78, 5) is 4.96. The molecule has 162 valence electrons. The first-order valence-electron chi connectivity index (χ1n) is 10.6. The van der Waals surface area contributed by atoms with Crippen LogP contribution in [0.2, 0.25) is 15.1 Å². The number of benzene rings is 3. The first-order valence-corrected chi connectivity index (χ1v) is 11.7. The minimum atomic E-state index is 0.0614. The van der Waals surface area contributed by atoms with Crippen molar-refractivity contribution in [3.8, 4) is 0 Å². The van der Waals surface area contributed by atoms with Crippen LogP contribution in [-0.4, -0.2) is 31.1 Å². The molecule has 1 fully saturated rings. The van der Waals surface area contributed by atoms with Gasteiger partial charge in [-0.2, -0.15) is 0 Å². The van der Waals surface area contributed by atoms with E-state index < -0.39 is 0 Å². The molecule has 1 heterocycles. The Hall–Kier alpha value is -1.71. The van der Waals surface area contributed by atoms with E-state index in [-0.39, 0.29) is 11.5 Å². The third-order valence-corrected chi connectivity index (χ3v) is 6.90. The molecule has 0 aromatic heterocycles. The molecule has 0 aliphatic carbocycles. The molecule has 3 aromatic carbocycles. The summed E-state index contributed by atoms with van der Waals surface area (Å²) >= 11 is 18.9. The van der Waals surface area contributed by atoms with Gasteiger partial charge in [-0.3, -0.25) is 4.90 Å². The zero-order chi connectivity index (χ0) is 22.0. The van der Waals surface area contributed by atoms with Crippen molar-refractivity contribution in [2.24, 2.45) is 0 Å². The molecule has 0 bridgehead atoms. The maximum absolute atomic E-state index is 6.60. The van der Waals surface area contributed by atoms with E-state index >= 15 is 0 Å². The lowest BCUT2D eigenvalue weighted by molar-refractivity contribution is 0.186. The molecule has 0 saturated carbocycles. The predicted octanol–water partition coefficient (Wildman–Crippen LogP) is 7.49. The van der Waals surface area contributed by atoms with Crippen LogP contribution in [0.5, 0.6) is 0 Å². The first-order chi connectivity index (χ1) is 14.8. The highest BCUT2D eigenvalue weighted by Gasteiger charge is 2.33. The number of piperazine rings is 1. The quantitative estimate of drug-likeness (QED) is 0.379. The Morgan fingerprint density at radius 1 is 0.839 bits per heavy atom. The van der Waals surface area contributed by atoms with Crippen molar-refractivity contribution >= 4 is 40.5 Å². The second kappa shape index (κ2) is 9.42. The van der Waals surface area contributed by atoms with E-state index in [2.05, 4.69) is 66.1 Å². The van der Waals surface area contributed by atoms with Crippen molar-refractivity contribution in [2.75, 3.05) is 31.1 Å². The molecule has 5 heteroatoms. The molecular weight excluding hydrogens is 447 g/mol. The SMILES string of the molecule is CC(C)(CN1CCN(c2ccc(Cl)cc2Cl)[C@H](c2ccc(Cl)cc2)C1)c1ccccc1. The molecule has 1 saturated heterocycles. The smallest absolute Gasteiger partial charge is 0.0670 e. The van der Waals surface area contributed by atoms with E-state index in [1.54, 1.807) is 0 Å². The molecule has 0 spiro atoms. The van der Waals surface area contributed by atoms with E-state index in [4.69, 9.17) is 34.8 Å². The maximum atomic E-state index is 6.60. The second-order valence-corrected chi connectivity index (χ2v) is 10.1. The van der Waals surface area contributed by atoms with Crippen molar-refractivity contribution in [2.45, 2.75) is 25.3 Å². The zero-order valence-corrected chi connectivity index (χ0v) is 20.1. The lowest BCUT2D eigenvalue weighted by atomic mass is 9.83. The Balaban J connectivity index is 1.62. The fourth-order valence-corrected chi connectivity index (χ4v) is 5.14. The van der Waals surface area contributed by atoms with Gasteiger partial charge in [-0.25, -0.2) is 0 Å². The van der Waals surface area contributed by atoms with Crippen LogP contribution < -0.4 is 4.90 Å². The molecule has 0 amide bonds. The molecule has 31 heavy (non-hydrogen) atoms. The molecule has 1 atom stereocenters. The highest BCUT2D eigenvalue weighted by atomic mass is 35.5. The summed E-state index contributed by atoms with van der Waals surface area (Å²) in [5.41, 5.74) is 3.68. The van der Waals surface area contributed by atoms with Gasteiger partial charge in [0.1, 0.15) is 0 Å². The van der Waals surface area contributed by atoms with Crippen LogP contribution >= 0.6 is 34.8 Å². The lowest BCUT2D eigenvalue weighted by Gasteiger charge is -2.45. The number of rotatable bonds is 5. The largest absolute Gasteiger partial charge is 0.361 e. The van der Waals surface area contributed by atoms with E-state index in [1.807, 2.05) is 30.3 Å². The van der Waals surface area contributed by atoms with E-state index in [1.165, 1.54) is 11.1 Å². The van der Waals surface area contributed by atoms with Gasteiger partial charge in [0, 0.05) is 41.6 Å². The average Bonchev–Trinajstić information content (AvgIpc) is 2.75. The Morgan fingerprint density at radius 2 is 1.52 bits per heavy atom. The molecule has 0 radical (unpaired) electrons. The van der Waals surface area contributed by atoms with Gasteiger partial charge < -0.3 is 4.90 Å². The number of nitrogens with zero attached hydrogens (tertiary/aromatic N) is 2. The normalized spacial score (nSPS) is 17.7. The van der Waals surface area contributed by atoms with Gasteiger partial charge in [0.15, 0.2) is 0 Å². The maximum Gasteiger partial charge on any atom is 0.0670 e. The number of hydrogen-bond donors (Lipinski definition) is 0. The summed E-state index contributed by atoms with van der Waals surface area (Å²) in [7, 11) is 0. The summed E-state index contributed by atoms with van der Waals surface area (Å²) in [5, 5.41) is 2.09. The summed E-state index contributed by atoms with van der Waals surface area (Å²) in [6.07, 6.45) is 0. The molecular formula is C26H27Cl3N2. The summed E-state index contributed by atoms with van der Waals surface area (Å²) in [6, 6.07) is 24.9. The monoisotopic (exact) mass is 472 g/mol. The molecule has 0 unspecified atom stereocenters. The van der Waals surface area contributed by atoms with E-state index in [9.17, 15) is 0 Å². The van der Waals surface area contributed by atoms with Crippen molar-refractivity contribution in [3.05, 3.63) is 99.0 Å². The molecule has 3 aromatic rings. The Labute approximate surface area is 200 Å². The van der Waals surface area contributed by atoms with Crippen LogP contribution in [0.1, 0.15) is 31.0 Å². The number of anilines is 1. The van der Waals surface area contributed by atoms with Crippen LogP contribution in [-0.2, 0) is 5.41 Å². The molecule has 0 N–H and O–H groups in total. The lowest BCUT2D eigenvalue weighted by Crippen LogP contribution is -2.51. The topological polar surface area (TPSA) is 6.48 Å². The van der Waals surface area contributed by atoms with Crippen molar-refractivity contribution < 1.29 is 0 Å². The van der Waals surface area contributed by atoms with Gasteiger partial charge in [-0.05, 0) is 41.5 Å². The van der Waals surface area contributed by atoms with Gasteiger partial charge in [-0.1, -0.05) is 91.1 Å². The fourth-order valence-electron chi connectivity index (χ4n) is 4.50. The summed E-state index contributed by atoms with van der Waals surface area (Å²) < 4.78 is 0. The van der Waals surface area contributed by atoms with Gasteiger partial charge in [0.05, 0.1) is 16.8 Å². The minimum Gasteiger partial charge on any atom is -0.361 e. The number of hydrogen-bond acceptors (Lipinski definition) is 2. The highest BCUT2D eigenvalue weighted by molar-refractivity contribution is 6.36. The van der Waals surface area contributed by atoms with Crippen LogP contribution in [0.4, 0.5) is 5.69 Å².